The molecule has 0 unspecified atom stereocenters. The summed E-state index contributed by atoms with van der Waals surface area (Å²) in [5.74, 6) is -0.549. The number of carboxylic acid groups (broad SMARTS) is 1. The lowest BCUT2D eigenvalue weighted by Crippen LogP contribution is -2.12. The van der Waals surface area contributed by atoms with Crippen molar-refractivity contribution in [2.75, 3.05) is 6.61 Å². The third-order valence-corrected chi connectivity index (χ3v) is 3.07. The van der Waals surface area contributed by atoms with Crippen LogP contribution in [0, 0.1) is 6.92 Å². The van der Waals surface area contributed by atoms with Gasteiger partial charge in [-0.25, -0.2) is 9.78 Å². The second-order valence-corrected chi connectivity index (χ2v) is 4.47. The van der Waals surface area contributed by atoms with E-state index in [1.54, 1.807) is 6.20 Å². The van der Waals surface area contributed by atoms with E-state index < -0.39 is 5.97 Å². The Balaban J connectivity index is 2.31. The van der Waals surface area contributed by atoms with Gasteiger partial charge in [0.25, 0.3) is 0 Å². The third kappa shape index (κ3) is 2.88. The molecule has 0 aromatic carbocycles. The zero-order chi connectivity index (χ0) is 13.0. The van der Waals surface area contributed by atoms with Gasteiger partial charge in [0.1, 0.15) is 0 Å². The number of carboxylic acids is 1. The summed E-state index contributed by atoms with van der Waals surface area (Å²) < 4.78 is 5.28. The number of ether oxygens (including phenoxy) is 1. The molecule has 1 aliphatic rings. The van der Waals surface area contributed by atoms with Gasteiger partial charge in [0.15, 0.2) is 6.61 Å². The number of carbonyl (C=O) groups is 1. The van der Waals surface area contributed by atoms with Crippen LogP contribution in [0.5, 0.6) is 5.88 Å². The highest BCUT2D eigenvalue weighted by molar-refractivity contribution is 5.73. The largest absolute Gasteiger partial charge is 0.479 e. The molecule has 1 aliphatic carbocycles. The number of pyridine rings is 1. The van der Waals surface area contributed by atoms with Gasteiger partial charge in [0.2, 0.25) is 5.88 Å². The topological polar surface area (TPSA) is 59.4 Å². The van der Waals surface area contributed by atoms with Crippen molar-refractivity contribution in [1.82, 2.24) is 4.98 Å². The second kappa shape index (κ2) is 5.67. The van der Waals surface area contributed by atoms with Crippen molar-refractivity contribution in [3.63, 3.8) is 0 Å². The zero-order valence-corrected chi connectivity index (χ0v) is 10.5. The monoisotopic (exact) mass is 247 g/mol. The first-order valence-electron chi connectivity index (χ1n) is 6.18. The summed E-state index contributed by atoms with van der Waals surface area (Å²) in [5, 5.41) is 8.68. The molecule has 0 radical (unpaired) electrons. The second-order valence-electron chi connectivity index (χ2n) is 4.47. The number of aryl methyl sites for hydroxylation is 1. The van der Waals surface area contributed by atoms with E-state index in [1.165, 1.54) is 18.4 Å². The molecule has 1 aromatic heterocycles. The van der Waals surface area contributed by atoms with Crippen LogP contribution >= 0.6 is 0 Å². The Hall–Kier alpha value is -1.84. The highest BCUT2D eigenvalue weighted by Crippen LogP contribution is 2.33. The molecule has 96 valence electrons. The van der Waals surface area contributed by atoms with Crippen molar-refractivity contribution >= 4 is 11.5 Å². The Morgan fingerprint density at radius 3 is 3.00 bits per heavy atom. The highest BCUT2D eigenvalue weighted by atomic mass is 16.5. The molecular weight excluding hydrogens is 230 g/mol. The first-order valence-corrected chi connectivity index (χ1v) is 6.18. The van der Waals surface area contributed by atoms with E-state index in [2.05, 4.69) is 11.1 Å². The minimum Gasteiger partial charge on any atom is -0.479 e. The predicted octanol–water partition coefficient (Wildman–Crippen LogP) is 2.81. The molecule has 0 aliphatic heterocycles. The zero-order valence-electron chi connectivity index (χ0n) is 10.5. The van der Waals surface area contributed by atoms with Crippen molar-refractivity contribution in [2.24, 2.45) is 0 Å². The van der Waals surface area contributed by atoms with Gasteiger partial charge in [-0.3, -0.25) is 0 Å². The summed E-state index contributed by atoms with van der Waals surface area (Å²) in [6.45, 7) is 1.65. The van der Waals surface area contributed by atoms with E-state index in [9.17, 15) is 4.79 Å². The average molecular weight is 247 g/mol. The molecule has 0 saturated heterocycles. The summed E-state index contributed by atoms with van der Waals surface area (Å²) in [4.78, 5) is 14.7. The van der Waals surface area contributed by atoms with Gasteiger partial charge in [-0.05, 0) is 49.8 Å². The third-order valence-electron chi connectivity index (χ3n) is 3.07. The van der Waals surface area contributed by atoms with E-state index in [0.717, 1.165) is 24.0 Å². The summed E-state index contributed by atoms with van der Waals surface area (Å²) in [5.41, 5.74) is 3.28. The van der Waals surface area contributed by atoms with Crippen molar-refractivity contribution < 1.29 is 14.6 Å². The number of aliphatic carboxylic acids is 1. The summed E-state index contributed by atoms with van der Waals surface area (Å²) in [6.07, 6.45) is 8.32. The molecule has 4 nitrogen and oxygen atoms in total. The standard InChI is InChI=1S/C14H17NO3/c1-10-7-8-15-14(18-9-12(16)17)13(10)11-5-3-2-4-6-11/h5,7-8H,2-4,6,9H2,1H3,(H,16,17). The molecule has 2 rings (SSSR count). The van der Waals surface area contributed by atoms with Gasteiger partial charge < -0.3 is 9.84 Å². The van der Waals surface area contributed by atoms with Gasteiger partial charge in [0.05, 0.1) is 0 Å². The maximum absolute atomic E-state index is 10.6. The molecule has 1 N–H and O–H groups in total. The number of nitrogens with zero attached hydrogens (tertiary/aromatic N) is 1. The van der Waals surface area contributed by atoms with Crippen LogP contribution in [0.15, 0.2) is 18.3 Å². The lowest BCUT2D eigenvalue weighted by molar-refractivity contribution is -0.139. The average Bonchev–Trinajstić information content (AvgIpc) is 2.37. The highest BCUT2D eigenvalue weighted by Gasteiger charge is 2.15. The maximum Gasteiger partial charge on any atom is 0.341 e. The summed E-state index contributed by atoms with van der Waals surface area (Å²) in [7, 11) is 0. The number of hydrogen-bond acceptors (Lipinski definition) is 3. The van der Waals surface area contributed by atoms with E-state index in [0.29, 0.717) is 5.88 Å². The van der Waals surface area contributed by atoms with Crippen LogP contribution in [0.4, 0.5) is 0 Å². The van der Waals surface area contributed by atoms with Crippen LogP contribution in [0.25, 0.3) is 5.57 Å². The molecule has 18 heavy (non-hydrogen) atoms. The Bertz CT molecular complexity index is 480. The van der Waals surface area contributed by atoms with Gasteiger partial charge in [-0.15, -0.1) is 0 Å². The molecule has 1 aromatic rings. The van der Waals surface area contributed by atoms with Gasteiger partial charge in [0, 0.05) is 11.8 Å². The molecule has 0 amide bonds. The quantitative estimate of drug-likeness (QED) is 0.888. The molecule has 4 heteroatoms. The molecule has 0 bridgehead atoms. The van der Waals surface area contributed by atoms with E-state index in [1.807, 2.05) is 13.0 Å². The molecule has 0 atom stereocenters. The molecule has 0 fully saturated rings. The van der Waals surface area contributed by atoms with Gasteiger partial charge >= 0.3 is 5.97 Å². The number of rotatable bonds is 4. The fourth-order valence-electron chi connectivity index (χ4n) is 2.23. The Kier molecular flexibility index (Phi) is 3.97. The lowest BCUT2D eigenvalue weighted by atomic mass is 9.92. The van der Waals surface area contributed by atoms with E-state index >= 15 is 0 Å². The smallest absolute Gasteiger partial charge is 0.341 e. The molecular formula is C14H17NO3. The van der Waals surface area contributed by atoms with E-state index in [-0.39, 0.29) is 6.61 Å². The fourth-order valence-corrected chi connectivity index (χ4v) is 2.23. The van der Waals surface area contributed by atoms with Crippen LogP contribution in [0.1, 0.15) is 36.8 Å². The minimum atomic E-state index is -0.984. The maximum atomic E-state index is 10.6. The fraction of sp³-hybridized carbons (Fsp3) is 0.429. The Morgan fingerprint density at radius 2 is 2.33 bits per heavy atom. The van der Waals surface area contributed by atoms with Crippen LogP contribution in [-0.2, 0) is 4.79 Å². The van der Waals surface area contributed by atoms with Crippen LogP contribution in [0.3, 0.4) is 0 Å². The van der Waals surface area contributed by atoms with Crippen molar-refractivity contribution in [3.05, 3.63) is 29.5 Å². The van der Waals surface area contributed by atoms with Crippen molar-refractivity contribution in [1.29, 1.82) is 0 Å². The predicted molar refractivity (Wildman–Crippen MR) is 68.5 cm³/mol. The first-order chi connectivity index (χ1) is 8.68. The molecule has 0 saturated carbocycles. The minimum absolute atomic E-state index is 0.350. The Morgan fingerprint density at radius 1 is 1.50 bits per heavy atom. The summed E-state index contributed by atoms with van der Waals surface area (Å²) in [6, 6.07) is 1.93. The first kappa shape index (κ1) is 12.6. The number of hydrogen-bond donors (Lipinski definition) is 1. The van der Waals surface area contributed by atoms with Crippen molar-refractivity contribution in [3.8, 4) is 5.88 Å². The molecule has 1 heterocycles. The normalized spacial score (nSPS) is 15.1. The lowest BCUT2D eigenvalue weighted by Gasteiger charge is -2.17. The number of aromatic nitrogens is 1. The molecule has 0 spiro atoms. The SMILES string of the molecule is Cc1ccnc(OCC(=O)O)c1C1=CCCCC1. The van der Waals surface area contributed by atoms with Gasteiger partial charge in [-0.2, -0.15) is 0 Å². The van der Waals surface area contributed by atoms with Crippen LogP contribution in [-0.4, -0.2) is 22.7 Å². The summed E-state index contributed by atoms with van der Waals surface area (Å²) >= 11 is 0. The van der Waals surface area contributed by atoms with Gasteiger partial charge in [-0.1, -0.05) is 6.08 Å². The van der Waals surface area contributed by atoms with Crippen LogP contribution in [0.2, 0.25) is 0 Å². The Labute approximate surface area is 106 Å². The van der Waals surface area contributed by atoms with E-state index in [4.69, 9.17) is 9.84 Å². The van der Waals surface area contributed by atoms with Crippen LogP contribution < -0.4 is 4.74 Å². The number of allylic oxidation sites excluding steroid dienone is 2. The van der Waals surface area contributed by atoms with Crippen molar-refractivity contribution in [2.45, 2.75) is 32.6 Å².